The van der Waals surface area contributed by atoms with Gasteiger partial charge < -0.3 is 0 Å². The fourth-order valence-electron chi connectivity index (χ4n) is 1.84. The van der Waals surface area contributed by atoms with Gasteiger partial charge in [-0.15, -0.1) is 0 Å². The lowest BCUT2D eigenvalue weighted by Crippen LogP contribution is -1.86. The number of rotatable bonds is 4. The van der Waals surface area contributed by atoms with Crippen molar-refractivity contribution in [1.29, 1.82) is 0 Å². The molecule has 2 rings (SSSR count). The number of carbonyl (C=O) groups is 1. The standard InChI is InChI=1S/C19H16Cl2O/c1-13-3-5-15(11-18(13)20)7-9-17(22)10-8-16-6-4-14(2)19(21)12-16/h3-12H,1-2H3. The van der Waals surface area contributed by atoms with Crippen LogP contribution in [0.15, 0.2) is 48.6 Å². The number of halogens is 2. The Morgan fingerprint density at radius 3 is 1.59 bits per heavy atom. The molecule has 0 heterocycles. The number of ketones is 1. The maximum atomic E-state index is 11.9. The average Bonchev–Trinajstić information content (AvgIpc) is 2.49. The van der Waals surface area contributed by atoms with Gasteiger partial charge in [-0.2, -0.15) is 0 Å². The summed E-state index contributed by atoms with van der Waals surface area (Å²) in [5, 5.41) is 1.39. The maximum absolute atomic E-state index is 11.9. The van der Waals surface area contributed by atoms with Crippen molar-refractivity contribution in [2.45, 2.75) is 13.8 Å². The molecule has 0 aliphatic carbocycles. The average molecular weight is 331 g/mol. The molecule has 0 aromatic heterocycles. The first kappa shape index (κ1) is 16.5. The molecule has 22 heavy (non-hydrogen) atoms. The first-order valence-corrected chi connectivity index (χ1v) is 7.64. The fraction of sp³-hybridized carbons (Fsp3) is 0.105. The van der Waals surface area contributed by atoms with Gasteiger partial charge in [0.1, 0.15) is 0 Å². The summed E-state index contributed by atoms with van der Waals surface area (Å²) in [6.07, 6.45) is 6.54. The zero-order valence-corrected chi connectivity index (χ0v) is 13.9. The SMILES string of the molecule is Cc1ccc(C=CC(=O)C=Cc2ccc(C)c(Cl)c2)cc1Cl. The molecule has 1 nitrogen and oxygen atoms in total. The minimum atomic E-state index is -0.0894. The topological polar surface area (TPSA) is 17.1 Å². The van der Waals surface area contributed by atoms with Crippen LogP contribution in [0.1, 0.15) is 22.3 Å². The zero-order chi connectivity index (χ0) is 16.1. The van der Waals surface area contributed by atoms with E-state index < -0.39 is 0 Å². The van der Waals surface area contributed by atoms with E-state index in [4.69, 9.17) is 23.2 Å². The quantitative estimate of drug-likeness (QED) is 0.637. The van der Waals surface area contributed by atoms with Gasteiger partial charge in [0, 0.05) is 10.0 Å². The van der Waals surface area contributed by atoms with Crippen molar-refractivity contribution >= 4 is 41.1 Å². The molecule has 0 spiro atoms. The zero-order valence-electron chi connectivity index (χ0n) is 12.4. The van der Waals surface area contributed by atoms with Crippen LogP contribution in [0.3, 0.4) is 0 Å². The van der Waals surface area contributed by atoms with E-state index in [0.717, 1.165) is 22.3 Å². The third-order valence-corrected chi connectivity index (χ3v) is 4.09. The lowest BCUT2D eigenvalue weighted by Gasteiger charge is -1.99. The molecule has 0 fully saturated rings. The summed E-state index contributed by atoms with van der Waals surface area (Å²) >= 11 is 12.1. The summed E-state index contributed by atoms with van der Waals surface area (Å²) < 4.78 is 0. The van der Waals surface area contributed by atoms with Crippen molar-refractivity contribution in [2.24, 2.45) is 0 Å². The Morgan fingerprint density at radius 2 is 1.23 bits per heavy atom. The van der Waals surface area contributed by atoms with Crippen LogP contribution < -0.4 is 0 Å². The van der Waals surface area contributed by atoms with Crippen LogP contribution in [0.4, 0.5) is 0 Å². The molecule has 0 radical (unpaired) electrons. The van der Waals surface area contributed by atoms with Crippen molar-refractivity contribution in [1.82, 2.24) is 0 Å². The first-order valence-electron chi connectivity index (χ1n) is 6.88. The molecule has 0 bridgehead atoms. The van der Waals surface area contributed by atoms with Crippen LogP contribution in [0.5, 0.6) is 0 Å². The highest BCUT2D eigenvalue weighted by molar-refractivity contribution is 6.31. The van der Waals surface area contributed by atoms with Crippen molar-refractivity contribution in [3.05, 3.63) is 80.8 Å². The van der Waals surface area contributed by atoms with Gasteiger partial charge in [0.15, 0.2) is 5.78 Å². The van der Waals surface area contributed by atoms with E-state index in [1.807, 2.05) is 50.2 Å². The smallest absolute Gasteiger partial charge is 0.178 e. The summed E-state index contributed by atoms with van der Waals surface area (Å²) in [7, 11) is 0. The molecule has 0 amide bonds. The van der Waals surface area contributed by atoms with Crippen LogP contribution in [-0.4, -0.2) is 5.78 Å². The number of allylic oxidation sites excluding steroid dienone is 2. The highest BCUT2D eigenvalue weighted by atomic mass is 35.5. The van der Waals surface area contributed by atoms with Crippen molar-refractivity contribution < 1.29 is 4.79 Å². The highest BCUT2D eigenvalue weighted by Gasteiger charge is 1.97. The number of benzene rings is 2. The number of hydrogen-bond acceptors (Lipinski definition) is 1. The monoisotopic (exact) mass is 330 g/mol. The predicted octanol–water partition coefficient (Wildman–Crippen LogP) is 5.91. The Bertz CT molecular complexity index is 695. The summed E-state index contributed by atoms with van der Waals surface area (Å²) in [5.41, 5.74) is 3.83. The van der Waals surface area contributed by atoms with E-state index in [-0.39, 0.29) is 5.78 Å². The largest absolute Gasteiger partial charge is 0.290 e. The van der Waals surface area contributed by atoms with Crippen LogP contribution >= 0.6 is 23.2 Å². The molecule has 0 unspecified atom stereocenters. The van der Waals surface area contributed by atoms with Crippen molar-refractivity contribution in [2.75, 3.05) is 0 Å². The number of hydrogen-bond donors (Lipinski definition) is 0. The Labute approximate surface area is 140 Å². The van der Waals surface area contributed by atoms with Gasteiger partial charge in [0.25, 0.3) is 0 Å². The van der Waals surface area contributed by atoms with Gasteiger partial charge in [0.2, 0.25) is 0 Å². The van der Waals surface area contributed by atoms with Crippen LogP contribution in [-0.2, 0) is 4.79 Å². The summed E-state index contributed by atoms with van der Waals surface area (Å²) in [6.45, 7) is 3.88. The first-order chi connectivity index (χ1) is 10.5. The Morgan fingerprint density at radius 1 is 0.818 bits per heavy atom. The molecule has 2 aromatic rings. The number of aryl methyl sites for hydroxylation is 2. The van der Waals surface area contributed by atoms with Gasteiger partial charge in [0.05, 0.1) is 0 Å². The second-order valence-electron chi connectivity index (χ2n) is 5.09. The minimum absolute atomic E-state index is 0.0894. The molecule has 0 N–H and O–H groups in total. The third-order valence-electron chi connectivity index (χ3n) is 3.27. The molecular weight excluding hydrogens is 315 g/mol. The van der Waals surface area contributed by atoms with Crippen LogP contribution in [0, 0.1) is 13.8 Å². The van der Waals surface area contributed by atoms with E-state index in [1.54, 1.807) is 12.2 Å². The van der Waals surface area contributed by atoms with Crippen LogP contribution in [0.25, 0.3) is 12.2 Å². The molecule has 0 atom stereocenters. The van der Waals surface area contributed by atoms with Gasteiger partial charge in [-0.1, -0.05) is 59.6 Å². The summed E-state index contributed by atoms with van der Waals surface area (Å²) in [5.74, 6) is -0.0894. The normalized spacial score (nSPS) is 11.5. The van der Waals surface area contributed by atoms with Crippen molar-refractivity contribution in [3.63, 3.8) is 0 Å². The van der Waals surface area contributed by atoms with E-state index in [0.29, 0.717) is 10.0 Å². The van der Waals surface area contributed by atoms with E-state index in [9.17, 15) is 4.79 Å². The lowest BCUT2D eigenvalue weighted by molar-refractivity contribution is -0.110. The molecule has 2 aromatic carbocycles. The minimum Gasteiger partial charge on any atom is -0.290 e. The Kier molecular flexibility index (Phi) is 5.59. The molecule has 0 aliphatic heterocycles. The van der Waals surface area contributed by atoms with E-state index >= 15 is 0 Å². The maximum Gasteiger partial charge on any atom is 0.178 e. The van der Waals surface area contributed by atoms with Gasteiger partial charge in [-0.3, -0.25) is 4.79 Å². The Balaban J connectivity index is 2.05. The second-order valence-corrected chi connectivity index (χ2v) is 5.90. The molecular formula is C19H16Cl2O. The predicted molar refractivity (Wildman–Crippen MR) is 95.5 cm³/mol. The number of carbonyl (C=O) groups excluding carboxylic acids is 1. The second kappa shape index (κ2) is 7.44. The van der Waals surface area contributed by atoms with Gasteiger partial charge in [-0.25, -0.2) is 0 Å². The molecule has 3 heteroatoms. The summed E-state index contributed by atoms with van der Waals surface area (Å²) in [4.78, 5) is 11.9. The third kappa shape index (κ3) is 4.59. The lowest BCUT2D eigenvalue weighted by atomic mass is 10.1. The summed E-state index contributed by atoms with van der Waals surface area (Å²) in [6, 6.07) is 11.4. The van der Waals surface area contributed by atoms with E-state index in [2.05, 4.69) is 0 Å². The molecule has 0 saturated heterocycles. The van der Waals surface area contributed by atoms with Gasteiger partial charge >= 0.3 is 0 Å². The molecule has 112 valence electrons. The van der Waals surface area contributed by atoms with E-state index in [1.165, 1.54) is 12.2 Å². The van der Waals surface area contributed by atoms with Gasteiger partial charge in [-0.05, 0) is 60.4 Å². The van der Waals surface area contributed by atoms with Crippen LogP contribution in [0.2, 0.25) is 10.0 Å². The van der Waals surface area contributed by atoms with Crippen molar-refractivity contribution in [3.8, 4) is 0 Å². The highest BCUT2D eigenvalue weighted by Crippen LogP contribution is 2.18. The Hall–Kier alpha value is -1.83. The molecule has 0 saturated carbocycles. The molecule has 0 aliphatic rings. The fourth-order valence-corrected chi connectivity index (χ4v) is 2.22.